The minimum Gasteiger partial charge on any atom is -0.326 e. The van der Waals surface area contributed by atoms with Crippen LogP contribution >= 0.6 is 0 Å². The summed E-state index contributed by atoms with van der Waals surface area (Å²) in [5.74, 6) is 1.36. The zero-order valence-corrected chi connectivity index (χ0v) is 35.5. The van der Waals surface area contributed by atoms with E-state index in [9.17, 15) is 9.59 Å². The summed E-state index contributed by atoms with van der Waals surface area (Å²) in [6, 6.07) is 15.4. The Morgan fingerprint density at radius 3 is 1.68 bits per heavy atom. The molecule has 0 saturated heterocycles. The Kier molecular flexibility index (Phi) is 12.3. The monoisotopic (exact) mass is 772 g/mol. The second kappa shape index (κ2) is 17.0. The summed E-state index contributed by atoms with van der Waals surface area (Å²) in [5, 5.41) is 26.7. The third kappa shape index (κ3) is 9.10. The van der Waals surface area contributed by atoms with E-state index in [1.807, 2.05) is 48.5 Å². The molecule has 2 amide bonds. The molecule has 0 fully saturated rings. The number of anilines is 2. The number of benzene rings is 2. The van der Waals surface area contributed by atoms with Crippen LogP contribution < -0.4 is 15.9 Å². The van der Waals surface area contributed by atoms with Gasteiger partial charge in [-0.25, -0.2) is 4.98 Å². The first kappa shape index (κ1) is 41.2. The molecule has 2 atom stereocenters. The summed E-state index contributed by atoms with van der Waals surface area (Å²) < 4.78 is 3.29. The van der Waals surface area contributed by atoms with E-state index in [2.05, 4.69) is 90.9 Å². The van der Waals surface area contributed by atoms with Crippen molar-refractivity contribution in [2.45, 2.75) is 131 Å². The molecule has 302 valence electrons. The molecule has 0 aliphatic heterocycles. The lowest BCUT2D eigenvalue weighted by Gasteiger charge is -2.17. The number of hydrogen-bond donors (Lipinski definition) is 3. The molecule has 57 heavy (non-hydrogen) atoms. The van der Waals surface area contributed by atoms with Crippen molar-refractivity contribution in [3.05, 3.63) is 70.7 Å². The highest BCUT2D eigenvalue weighted by molar-refractivity contribution is 5.93. The van der Waals surface area contributed by atoms with Gasteiger partial charge in [0, 0.05) is 55.9 Å². The highest BCUT2D eigenvalue weighted by Gasteiger charge is 2.28. The van der Waals surface area contributed by atoms with Crippen LogP contribution in [0, 0.1) is 11.8 Å². The number of carbonyl (C=O) groups excluding carboxylic acids is 2. The average molecular weight is 773 g/mol. The number of nitrogens with one attached hydrogen (secondary N) is 3. The van der Waals surface area contributed by atoms with Gasteiger partial charge in [0.15, 0.2) is 22.9 Å². The Bertz CT molecular complexity index is 2370. The molecule has 0 spiro atoms. The number of amides is 2. The Balaban J connectivity index is 1.34. The molecule has 6 rings (SSSR count). The zero-order chi connectivity index (χ0) is 41.1. The third-order valence-electron chi connectivity index (χ3n) is 10.7. The standard InChI is InChI=1S/C45H60N10O2/c1-11-15-17-28(13-3)42(56)46-32-23-19-30(20-24-32)38-48-40-34(36(44(5,6)7)50-54(40)52-38)27-35-37(45(8,9)10)51-55-41(35)49-39(53-55)31-21-25-33(26-22-31)47-43(57)29(14-4)18-16-12-2/h19-29H,11-18H2,1-10H3,(H,46,56)(H,47,57)(H,48,52)/b35-27-. The zero-order valence-electron chi connectivity index (χ0n) is 35.5. The number of unbranched alkanes of at least 4 members (excludes halogenated alkanes) is 2. The molecule has 12 nitrogen and oxygen atoms in total. The predicted molar refractivity (Wildman–Crippen MR) is 229 cm³/mol. The molecule has 3 N–H and O–H groups in total. The van der Waals surface area contributed by atoms with Gasteiger partial charge in [-0.3, -0.25) is 9.59 Å². The quantitative estimate of drug-likeness (QED) is 0.0943. The molecule has 12 heteroatoms. The minimum absolute atomic E-state index is 0.00708. The summed E-state index contributed by atoms with van der Waals surface area (Å²) in [4.78, 5) is 34.4. The summed E-state index contributed by atoms with van der Waals surface area (Å²) >= 11 is 0. The maximum absolute atomic E-state index is 12.9. The van der Waals surface area contributed by atoms with Crippen LogP contribution in [-0.4, -0.2) is 51.4 Å². The Labute approximate surface area is 336 Å². The molecule has 0 radical (unpaired) electrons. The van der Waals surface area contributed by atoms with Crippen LogP contribution in [0.25, 0.3) is 40.1 Å². The fraction of sp³-hybridized carbons (Fsp3) is 0.489. The molecule has 2 aromatic carbocycles. The van der Waals surface area contributed by atoms with Crippen molar-refractivity contribution in [2.75, 3.05) is 10.6 Å². The SMILES string of the molecule is CCCCC(CC)C(=O)Nc1ccc(-c2nc3/c(=C\c4c(C(C)(C)C)nn5nc(-c6ccc(NC(=O)C(CC)CCCC)cc6)[nH]c45)c(C(C)(C)C)nn3n2)cc1. The molecular formula is C45H60N10O2. The molecule has 0 saturated carbocycles. The van der Waals surface area contributed by atoms with Gasteiger partial charge in [0.05, 0.1) is 11.4 Å². The number of hydrogen-bond acceptors (Lipinski definition) is 7. The Morgan fingerprint density at radius 2 is 1.19 bits per heavy atom. The molecule has 2 unspecified atom stereocenters. The van der Waals surface area contributed by atoms with Crippen molar-refractivity contribution in [1.29, 1.82) is 0 Å². The van der Waals surface area contributed by atoms with Crippen LogP contribution in [0.15, 0.2) is 48.5 Å². The first-order valence-electron chi connectivity index (χ1n) is 20.8. The van der Waals surface area contributed by atoms with E-state index in [0.29, 0.717) is 17.3 Å². The largest absolute Gasteiger partial charge is 0.326 e. The Hall–Kier alpha value is -5.39. The van der Waals surface area contributed by atoms with Gasteiger partial charge in [0.2, 0.25) is 11.8 Å². The number of fused-ring (bicyclic) bond motifs is 2. The van der Waals surface area contributed by atoms with Crippen LogP contribution in [0.2, 0.25) is 0 Å². The van der Waals surface area contributed by atoms with Crippen molar-refractivity contribution >= 4 is 40.6 Å². The lowest BCUT2D eigenvalue weighted by molar-refractivity contribution is -0.121. The second-order valence-electron chi connectivity index (χ2n) is 17.4. The number of rotatable bonds is 15. The van der Waals surface area contributed by atoms with Crippen molar-refractivity contribution in [2.24, 2.45) is 11.8 Å². The number of carbonyl (C=O) groups is 2. The van der Waals surface area contributed by atoms with E-state index in [4.69, 9.17) is 25.4 Å². The summed E-state index contributed by atoms with van der Waals surface area (Å²) in [6.45, 7) is 21.3. The maximum Gasteiger partial charge on any atom is 0.227 e. The second-order valence-corrected chi connectivity index (χ2v) is 17.4. The smallest absolute Gasteiger partial charge is 0.227 e. The molecule has 0 bridgehead atoms. The highest BCUT2D eigenvalue weighted by atomic mass is 16.2. The van der Waals surface area contributed by atoms with Crippen molar-refractivity contribution in [3.63, 3.8) is 0 Å². The van der Waals surface area contributed by atoms with E-state index >= 15 is 0 Å². The van der Waals surface area contributed by atoms with Crippen LogP contribution in [0.3, 0.4) is 0 Å². The molecule has 6 aromatic rings. The van der Waals surface area contributed by atoms with Gasteiger partial charge in [0.1, 0.15) is 0 Å². The fourth-order valence-corrected chi connectivity index (χ4v) is 7.26. The van der Waals surface area contributed by atoms with Crippen molar-refractivity contribution in [1.82, 2.24) is 39.6 Å². The third-order valence-corrected chi connectivity index (χ3v) is 10.7. The van der Waals surface area contributed by atoms with E-state index in [1.54, 1.807) is 9.26 Å². The molecular weight excluding hydrogens is 713 g/mol. The van der Waals surface area contributed by atoms with Gasteiger partial charge in [-0.2, -0.15) is 10.2 Å². The van der Waals surface area contributed by atoms with Crippen molar-refractivity contribution in [3.8, 4) is 22.8 Å². The average Bonchev–Trinajstić information content (AvgIpc) is 3.94. The minimum atomic E-state index is -0.306. The summed E-state index contributed by atoms with van der Waals surface area (Å²) in [5.41, 5.74) is 6.67. The van der Waals surface area contributed by atoms with E-state index in [-0.39, 0.29) is 34.5 Å². The fourth-order valence-electron chi connectivity index (χ4n) is 7.26. The van der Waals surface area contributed by atoms with Gasteiger partial charge < -0.3 is 15.6 Å². The molecule has 0 aliphatic carbocycles. The van der Waals surface area contributed by atoms with Crippen LogP contribution in [-0.2, 0) is 20.4 Å². The summed E-state index contributed by atoms with van der Waals surface area (Å²) in [6.07, 6.45) is 9.79. The van der Waals surface area contributed by atoms with Gasteiger partial charge in [-0.05, 0) is 80.3 Å². The number of H-pyrrole nitrogens is 1. The molecule has 4 aromatic heterocycles. The molecule has 0 aliphatic rings. The predicted octanol–water partition coefficient (Wildman–Crippen LogP) is 9.28. The van der Waals surface area contributed by atoms with Gasteiger partial charge in [-0.15, -0.1) is 19.5 Å². The lowest BCUT2D eigenvalue weighted by atomic mass is 9.88. The van der Waals surface area contributed by atoms with Crippen LogP contribution in [0.1, 0.15) is 138 Å². The topological polar surface area (TPSA) is 147 Å². The van der Waals surface area contributed by atoms with Crippen LogP contribution in [0.5, 0.6) is 0 Å². The lowest BCUT2D eigenvalue weighted by Crippen LogP contribution is -2.22. The van der Waals surface area contributed by atoms with Crippen molar-refractivity contribution < 1.29 is 9.59 Å². The van der Waals surface area contributed by atoms with Crippen LogP contribution in [0.4, 0.5) is 11.4 Å². The first-order chi connectivity index (χ1) is 27.1. The number of aromatic amines is 1. The van der Waals surface area contributed by atoms with Gasteiger partial charge >= 0.3 is 0 Å². The number of nitrogens with zero attached hydrogens (tertiary/aromatic N) is 7. The van der Waals surface area contributed by atoms with Gasteiger partial charge in [0.25, 0.3) is 0 Å². The highest BCUT2D eigenvalue weighted by Crippen LogP contribution is 2.31. The molecule has 4 heterocycles. The van der Waals surface area contributed by atoms with E-state index in [0.717, 1.165) is 102 Å². The van der Waals surface area contributed by atoms with E-state index < -0.39 is 0 Å². The maximum atomic E-state index is 12.9. The normalized spacial score (nSPS) is 13.8. The Morgan fingerprint density at radius 1 is 0.684 bits per heavy atom. The number of aromatic nitrogens is 8. The first-order valence-corrected chi connectivity index (χ1v) is 20.8. The van der Waals surface area contributed by atoms with Gasteiger partial charge in [-0.1, -0.05) is 94.9 Å². The summed E-state index contributed by atoms with van der Waals surface area (Å²) in [7, 11) is 0. The van der Waals surface area contributed by atoms with E-state index in [1.165, 1.54) is 0 Å².